The summed E-state index contributed by atoms with van der Waals surface area (Å²) in [7, 11) is -2.05. The number of fused-ring (bicyclic) bond motifs is 3. The topological polar surface area (TPSA) is 27.1 Å². The lowest BCUT2D eigenvalue weighted by Gasteiger charge is -2.46. The van der Waals surface area contributed by atoms with E-state index in [4.69, 9.17) is 4.43 Å². The Morgan fingerprint density at radius 1 is 1.37 bits per heavy atom. The molecule has 7 heteroatoms. The zero-order valence-electron chi connectivity index (χ0n) is 16.6. The Labute approximate surface area is 164 Å². The Morgan fingerprint density at radius 2 is 2.07 bits per heavy atom. The van der Waals surface area contributed by atoms with Gasteiger partial charge in [0.25, 0.3) is 0 Å². The van der Waals surface area contributed by atoms with Crippen LogP contribution >= 0.6 is 11.3 Å². The van der Waals surface area contributed by atoms with Gasteiger partial charge in [-0.2, -0.15) is 0 Å². The third kappa shape index (κ3) is 3.32. The summed E-state index contributed by atoms with van der Waals surface area (Å²) in [6.07, 6.45) is 4.27. The normalized spacial score (nSPS) is 23.0. The molecule has 4 rings (SSSR count). The van der Waals surface area contributed by atoms with Crippen molar-refractivity contribution in [3.8, 4) is 11.3 Å². The summed E-state index contributed by atoms with van der Waals surface area (Å²) in [5.74, 6) is -2.59. The lowest BCUT2D eigenvalue weighted by molar-refractivity contribution is -0.140. The lowest BCUT2D eigenvalue weighted by atomic mass is 9.76. The molecule has 148 valence electrons. The van der Waals surface area contributed by atoms with Gasteiger partial charge < -0.3 is 8.99 Å². The lowest BCUT2D eigenvalue weighted by Crippen LogP contribution is -2.50. The van der Waals surface area contributed by atoms with E-state index in [-0.39, 0.29) is 35.9 Å². The van der Waals surface area contributed by atoms with Crippen LogP contribution in [0, 0.1) is 5.92 Å². The van der Waals surface area contributed by atoms with Crippen LogP contribution in [0.5, 0.6) is 0 Å². The van der Waals surface area contributed by atoms with Gasteiger partial charge in [0.2, 0.25) is 5.92 Å². The Kier molecular flexibility index (Phi) is 4.44. The van der Waals surface area contributed by atoms with Gasteiger partial charge >= 0.3 is 0 Å². The minimum atomic E-state index is -2.52. The SMILES string of the molecule is CC(C)(C)[Si](C)(C)OC(CC1c2sccc2-c2cncn21)C1CC(F)(F)C1. The van der Waals surface area contributed by atoms with Gasteiger partial charge in [0.05, 0.1) is 30.4 Å². The average molecular weight is 411 g/mol. The van der Waals surface area contributed by atoms with Crippen molar-refractivity contribution in [2.75, 3.05) is 0 Å². The quantitative estimate of drug-likeness (QED) is 0.538. The van der Waals surface area contributed by atoms with E-state index in [0.29, 0.717) is 0 Å². The van der Waals surface area contributed by atoms with Crippen molar-refractivity contribution in [3.63, 3.8) is 0 Å². The van der Waals surface area contributed by atoms with Crippen molar-refractivity contribution in [3.05, 3.63) is 28.8 Å². The fraction of sp³-hybridized carbons (Fsp3) is 0.650. The van der Waals surface area contributed by atoms with Crippen LogP contribution in [-0.4, -0.2) is 29.9 Å². The summed E-state index contributed by atoms with van der Waals surface area (Å²) in [5.41, 5.74) is 2.36. The molecule has 2 aromatic heterocycles. The van der Waals surface area contributed by atoms with Crippen LogP contribution in [0.4, 0.5) is 8.78 Å². The number of imidazole rings is 1. The number of thiophene rings is 1. The standard InChI is InChI=1S/C20H28F2N2OSSi/c1-19(2,3)27(4,5)25-17(13-9-20(21,22)10-13)8-15-18-14(6-7-26-18)16-11-23-12-24(15)16/h6-7,11-13,15,17H,8-10H2,1-5H3. The number of nitrogens with zero attached hydrogens (tertiary/aromatic N) is 2. The molecule has 2 aliphatic rings. The van der Waals surface area contributed by atoms with E-state index in [1.54, 1.807) is 11.3 Å². The fourth-order valence-electron chi connectivity index (χ4n) is 3.98. The van der Waals surface area contributed by atoms with E-state index < -0.39 is 14.2 Å². The van der Waals surface area contributed by atoms with Gasteiger partial charge in [-0.15, -0.1) is 11.3 Å². The van der Waals surface area contributed by atoms with E-state index in [1.807, 2.05) is 12.5 Å². The van der Waals surface area contributed by atoms with Crippen LogP contribution in [-0.2, 0) is 4.43 Å². The van der Waals surface area contributed by atoms with Crippen molar-refractivity contribution >= 4 is 19.7 Å². The second-order valence-corrected chi connectivity index (χ2v) is 15.3. The van der Waals surface area contributed by atoms with Crippen LogP contribution in [0.25, 0.3) is 11.3 Å². The number of rotatable bonds is 5. The predicted octanol–water partition coefficient (Wildman–Crippen LogP) is 6.34. The Morgan fingerprint density at radius 3 is 2.70 bits per heavy atom. The Bertz CT molecular complexity index is 791. The summed E-state index contributed by atoms with van der Waals surface area (Å²) in [4.78, 5) is 5.62. The number of hydrogen-bond acceptors (Lipinski definition) is 3. The van der Waals surface area contributed by atoms with E-state index in [0.717, 1.165) is 12.1 Å². The van der Waals surface area contributed by atoms with Gasteiger partial charge in [0.1, 0.15) is 0 Å². The molecule has 0 amide bonds. The van der Waals surface area contributed by atoms with Crippen LogP contribution < -0.4 is 0 Å². The molecular weight excluding hydrogens is 382 g/mol. The van der Waals surface area contributed by atoms with Crippen LogP contribution in [0.1, 0.15) is 51.0 Å². The smallest absolute Gasteiger partial charge is 0.248 e. The number of alkyl halides is 2. The first kappa shape index (κ1) is 19.3. The third-order valence-corrected chi connectivity index (χ3v) is 12.2. The van der Waals surface area contributed by atoms with Gasteiger partial charge in [-0.05, 0) is 41.9 Å². The molecule has 0 bridgehead atoms. The van der Waals surface area contributed by atoms with Gasteiger partial charge in [-0.25, -0.2) is 13.8 Å². The van der Waals surface area contributed by atoms with Crippen molar-refractivity contribution in [1.29, 1.82) is 0 Å². The molecule has 0 saturated heterocycles. The van der Waals surface area contributed by atoms with Crippen molar-refractivity contribution in [2.45, 2.75) is 76.2 Å². The highest BCUT2D eigenvalue weighted by molar-refractivity contribution is 7.10. The van der Waals surface area contributed by atoms with Crippen LogP contribution in [0.3, 0.4) is 0 Å². The Balaban J connectivity index is 1.61. The minimum absolute atomic E-state index is 0.0485. The highest BCUT2D eigenvalue weighted by Crippen LogP contribution is 2.51. The second-order valence-electron chi connectivity index (χ2n) is 9.58. The van der Waals surface area contributed by atoms with E-state index in [1.165, 1.54) is 10.4 Å². The molecule has 1 fully saturated rings. The van der Waals surface area contributed by atoms with Crippen LogP contribution in [0.2, 0.25) is 18.1 Å². The zero-order valence-corrected chi connectivity index (χ0v) is 18.4. The van der Waals surface area contributed by atoms with E-state index in [9.17, 15) is 8.78 Å². The van der Waals surface area contributed by atoms with Gasteiger partial charge in [-0.3, -0.25) is 0 Å². The first-order valence-corrected chi connectivity index (χ1v) is 13.4. The summed E-state index contributed by atoms with van der Waals surface area (Å²) < 4.78 is 36.2. The molecule has 0 N–H and O–H groups in total. The molecule has 1 aliphatic heterocycles. The highest BCUT2D eigenvalue weighted by Gasteiger charge is 2.52. The van der Waals surface area contributed by atoms with Gasteiger partial charge in [-0.1, -0.05) is 20.8 Å². The van der Waals surface area contributed by atoms with Gasteiger partial charge in [0, 0.05) is 23.3 Å². The largest absolute Gasteiger partial charge is 0.414 e. The first-order chi connectivity index (χ1) is 12.5. The van der Waals surface area contributed by atoms with Crippen molar-refractivity contribution < 1.29 is 13.2 Å². The first-order valence-electron chi connectivity index (χ1n) is 9.64. The summed E-state index contributed by atoms with van der Waals surface area (Å²) in [6, 6.07) is 2.27. The molecule has 1 saturated carbocycles. The number of hydrogen-bond donors (Lipinski definition) is 0. The molecule has 2 unspecified atom stereocenters. The highest BCUT2D eigenvalue weighted by atomic mass is 32.1. The number of halogens is 2. The van der Waals surface area contributed by atoms with E-state index in [2.05, 4.69) is 54.9 Å². The number of aromatic nitrogens is 2. The van der Waals surface area contributed by atoms with E-state index >= 15 is 0 Å². The maximum absolute atomic E-state index is 13.7. The monoisotopic (exact) mass is 410 g/mol. The predicted molar refractivity (Wildman–Crippen MR) is 108 cm³/mol. The fourth-order valence-corrected chi connectivity index (χ4v) is 6.40. The van der Waals surface area contributed by atoms with Crippen LogP contribution in [0.15, 0.2) is 24.0 Å². The minimum Gasteiger partial charge on any atom is -0.414 e. The van der Waals surface area contributed by atoms with Crippen molar-refractivity contribution in [1.82, 2.24) is 9.55 Å². The molecule has 2 atom stereocenters. The zero-order chi connectivity index (χ0) is 19.6. The molecular formula is C20H28F2N2OSSi. The summed E-state index contributed by atoms with van der Waals surface area (Å²) >= 11 is 1.74. The van der Waals surface area contributed by atoms with Crippen molar-refractivity contribution in [2.24, 2.45) is 5.92 Å². The maximum atomic E-state index is 13.7. The molecule has 27 heavy (non-hydrogen) atoms. The third-order valence-electron chi connectivity index (χ3n) is 6.63. The molecule has 3 nitrogen and oxygen atoms in total. The Hall–Kier alpha value is -1.05. The molecule has 1 aliphatic carbocycles. The molecule has 2 aromatic rings. The molecule has 0 radical (unpaired) electrons. The maximum Gasteiger partial charge on any atom is 0.248 e. The van der Waals surface area contributed by atoms with Gasteiger partial charge in [0.15, 0.2) is 8.32 Å². The summed E-state index contributed by atoms with van der Waals surface area (Å²) in [6.45, 7) is 11.0. The second kappa shape index (κ2) is 6.22. The molecule has 3 heterocycles. The summed E-state index contributed by atoms with van der Waals surface area (Å²) in [5, 5.41) is 2.16. The average Bonchev–Trinajstić information content (AvgIpc) is 3.18. The molecule has 0 spiro atoms. The molecule has 0 aromatic carbocycles.